The van der Waals surface area contributed by atoms with Gasteiger partial charge >= 0.3 is 0 Å². The second kappa shape index (κ2) is 5.27. The summed E-state index contributed by atoms with van der Waals surface area (Å²) in [6.07, 6.45) is 3.50. The molecule has 0 amide bonds. The van der Waals surface area contributed by atoms with Crippen molar-refractivity contribution in [2.45, 2.75) is 12.8 Å². The summed E-state index contributed by atoms with van der Waals surface area (Å²) >= 11 is 6.10. The Bertz CT molecular complexity index is 839. The molecule has 1 aromatic heterocycles. The number of aromatic amines is 1. The topological polar surface area (TPSA) is 58.9 Å². The maximum atomic E-state index is 12.1. The second-order valence-electron chi connectivity index (χ2n) is 4.89. The van der Waals surface area contributed by atoms with E-state index in [4.69, 9.17) is 17.3 Å². The zero-order valence-electron chi connectivity index (χ0n) is 10.9. The van der Waals surface area contributed by atoms with Crippen LogP contribution in [0.15, 0.2) is 41.3 Å². The van der Waals surface area contributed by atoms with Crippen LogP contribution in [0, 0.1) is 0 Å². The Balaban J connectivity index is 2.42. The van der Waals surface area contributed by atoms with E-state index in [2.05, 4.69) is 11.1 Å². The quantitative estimate of drug-likeness (QED) is 0.726. The Hall–Kier alpha value is -1.84. The van der Waals surface area contributed by atoms with Crippen molar-refractivity contribution >= 4 is 33.1 Å². The van der Waals surface area contributed by atoms with Gasteiger partial charge in [0.1, 0.15) is 0 Å². The summed E-state index contributed by atoms with van der Waals surface area (Å²) < 4.78 is 0. The van der Waals surface area contributed by atoms with Crippen LogP contribution in [0.2, 0.25) is 5.02 Å². The average Bonchev–Trinajstić information content (AvgIpc) is 2.44. The standard InChI is InChI=1S/C16H15ClN2O/c17-12-3-4-13-10(2-1-6-18)8-11-5-7-19-16(20)15(11)14(13)9-12/h3-5,7-9H,1-2,6,18H2,(H,19,20). The molecule has 102 valence electrons. The summed E-state index contributed by atoms with van der Waals surface area (Å²) in [5, 5.41) is 4.26. The van der Waals surface area contributed by atoms with E-state index in [1.165, 1.54) is 5.56 Å². The van der Waals surface area contributed by atoms with E-state index in [9.17, 15) is 4.79 Å². The summed E-state index contributed by atoms with van der Waals surface area (Å²) in [5.74, 6) is 0. The highest BCUT2D eigenvalue weighted by Crippen LogP contribution is 2.29. The monoisotopic (exact) mass is 286 g/mol. The Labute approximate surface area is 121 Å². The van der Waals surface area contributed by atoms with Crippen molar-refractivity contribution in [1.82, 2.24) is 4.98 Å². The van der Waals surface area contributed by atoms with Gasteiger partial charge in [0.15, 0.2) is 0 Å². The molecule has 0 atom stereocenters. The third kappa shape index (κ3) is 2.19. The van der Waals surface area contributed by atoms with Gasteiger partial charge < -0.3 is 10.7 Å². The predicted octanol–water partition coefficient (Wildman–Crippen LogP) is 3.23. The highest BCUT2D eigenvalue weighted by atomic mass is 35.5. The molecule has 0 aliphatic rings. The first-order chi connectivity index (χ1) is 9.70. The Morgan fingerprint density at radius 2 is 2.00 bits per heavy atom. The second-order valence-corrected chi connectivity index (χ2v) is 5.33. The van der Waals surface area contributed by atoms with E-state index in [0.29, 0.717) is 17.0 Å². The number of pyridine rings is 1. The molecule has 0 fully saturated rings. The van der Waals surface area contributed by atoms with E-state index in [-0.39, 0.29) is 5.56 Å². The van der Waals surface area contributed by atoms with Crippen molar-refractivity contribution in [2.75, 3.05) is 6.54 Å². The molecule has 4 heteroatoms. The van der Waals surface area contributed by atoms with Gasteiger partial charge in [0, 0.05) is 11.2 Å². The van der Waals surface area contributed by atoms with Gasteiger partial charge in [-0.05, 0) is 59.3 Å². The van der Waals surface area contributed by atoms with E-state index >= 15 is 0 Å². The fraction of sp³-hybridized carbons (Fsp3) is 0.188. The molecule has 1 heterocycles. The third-order valence-corrected chi connectivity index (χ3v) is 3.81. The first-order valence-electron chi connectivity index (χ1n) is 6.63. The van der Waals surface area contributed by atoms with E-state index in [1.807, 2.05) is 24.3 Å². The van der Waals surface area contributed by atoms with Crippen LogP contribution >= 0.6 is 11.6 Å². The number of hydrogen-bond donors (Lipinski definition) is 2. The zero-order chi connectivity index (χ0) is 14.1. The van der Waals surface area contributed by atoms with Crippen LogP contribution in [0.3, 0.4) is 0 Å². The molecule has 2 aromatic carbocycles. The van der Waals surface area contributed by atoms with Crippen LogP contribution in [0.4, 0.5) is 0 Å². The molecular weight excluding hydrogens is 272 g/mol. The van der Waals surface area contributed by atoms with E-state index in [1.54, 1.807) is 6.20 Å². The number of halogens is 1. The van der Waals surface area contributed by atoms with Crippen LogP contribution in [0.1, 0.15) is 12.0 Å². The smallest absolute Gasteiger partial charge is 0.256 e. The molecule has 20 heavy (non-hydrogen) atoms. The van der Waals surface area contributed by atoms with Gasteiger partial charge in [0.05, 0.1) is 5.39 Å². The Kier molecular flexibility index (Phi) is 3.47. The number of nitrogens with two attached hydrogens (primary N) is 1. The highest BCUT2D eigenvalue weighted by Gasteiger charge is 2.09. The number of rotatable bonds is 3. The van der Waals surface area contributed by atoms with Gasteiger partial charge in [-0.25, -0.2) is 0 Å². The summed E-state index contributed by atoms with van der Waals surface area (Å²) in [6, 6.07) is 9.70. The van der Waals surface area contributed by atoms with Crippen molar-refractivity contribution in [3.05, 3.63) is 57.5 Å². The van der Waals surface area contributed by atoms with Gasteiger partial charge in [-0.1, -0.05) is 23.7 Å². The third-order valence-electron chi connectivity index (χ3n) is 3.57. The molecule has 3 rings (SSSR count). The largest absolute Gasteiger partial charge is 0.330 e. The fourth-order valence-electron chi connectivity index (χ4n) is 2.66. The number of fused-ring (bicyclic) bond motifs is 3. The van der Waals surface area contributed by atoms with Crippen LogP contribution in [0.5, 0.6) is 0 Å². The molecule has 0 unspecified atom stereocenters. The minimum absolute atomic E-state index is 0.0832. The van der Waals surface area contributed by atoms with Crippen LogP contribution in [0.25, 0.3) is 21.5 Å². The van der Waals surface area contributed by atoms with Crippen molar-refractivity contribution < 1.29 is 0 Å². The molecule has 0 saturated carbocycles. The number of hydrogen-bond acceptors (Lipinski definition) is 2. The maximum Gasteiger partial charge on any atom is 0.256 e. The molecule has 0 spiro atoms. The SMILES string of the molecule is NCCCc1cc2cc[nH]c(=O)c2c2cc(Cl)ccc12. The van der Waals surface area contributed by atoms with E-state index in [0.717, 1.165) is 29.0 Å². The molecule has 0 bridgehead atoms. The average molecular weight is 287 g/mol. The van der Waals surface area contributed by atoms with Gasteiger partial charge in [-0.15, -0.1) is 0 Å². The lowest BCUT2D eigenvalue weighted by Crippen LogP contribution is -2.06. The van der Waals surface area contributed by atoms with Crippen molar-refractivity contribution in [3.63, 3.8) is 0 Å². The molecular formula is C16H15ClN2O. The van der Waals surface area contributed by atoms with Crippen LogP contribution < -0.4 is 11.3 Å². The summed E-state index contributed by atoms with van der Waals surface area (Å²) in [6.45, 7) is 0.655. The lowest BCUT2D eigenvalue weighted by molar-refractivity contribution is 0.838. The molecule has 0 aliphatic heterocycles. The summed E-state index contributed by atoms with van der Waals surface area (Å²) in [4.78, 5) is 14.8. The maximum absolute atomic E-state index is 12.1. The highest BCUT2D eigenvalue weighted by molar-refractivity contribution is 6.31. The molecule has 3 aromatic rings. The summed E-state index contributed by atoms with van der Waals surface area (Å²) in [7, 11) is 0. The lowest BCUT2D eigenvalue weighted by Gasteiger charge is -2.10. The van der Waals surface area contributed by atoms with Crippen molar-refractivity contribution in [1.29, 1.82) is 0 Å². The minimum Gasteiger partial charge on any atom is -0.330 e. The number of aromatic nitrogens is 1. The molecule has 0 aliphatic carbocycles. The van der Waals surface area contributed by atoms with Crippen LogP contribution in [-0.2, 0) is 6.42 Å². The number of benzene rings is 2. The lowest BCUT2D eigenvalue weighted by atomic mass is 9.96. The Morgan fingerprint density at radius 3 is 2.80 bits per heavy atom. The number of H-pyrrole nitrogens is 1. The Morgan fingerprint density at radius 1 is 1.15 bits per heavy atom. The van der Waals surface area contributed by atoms with Crippen LogP contribution in [-0.4, -0.2) is 11.5 Å². The predicted molar refractivity (Wildman–Crippen MR) is 84.5 cm³/mol. The molecule has 3 N–H and O–H groups in total. The molecule has 0 saturated heterocycles. The normalized spacial score (nSPS) is 11.3. The minimum atomic E-state index is -0.0832. The number of aryl methyl sites for hydroxylation is 1. The molecule has 0 radical (unpaired) electrons. The number of nitrogens with one attached hydrogen (secondary N) is 1. The fourth-order valence-corrected chi connectivity index (χ4v) is 2.83. The molecule has 3 nitrogen and oxygen atoms in total. The van der Waals surface area contributed by atoms with Crippen molar-refractivity contribution in [2.24, 2.45) is 5.73 Å². The van der Waals surface area contributed by atoms with Gasteiger partial charge in [-0.2, -0.15) is 0 Å². The van der Waals surface area contributed by atoms with Gasteiger partial charge in [0.25, 0.3) is 5.56 Å². The first kappa shape index (κ1) is 13.2. The first-order valence-corrected chi connectivity index (χ1v) is 7.01. The van der Waals surface area contributed by atoms with E-state index < -0.39 is 0 Å². The van der Waals surface area contributed by atoms with Gasteiger partial charge in [-0.3, -0.25) is 4.79 Å². The van der Waals surface area contributed by atoms with Crippen molar-refractivity contribution in [3.8, 4) is 0 Å². The summed E-state index contributed by atoms with van der Waals surface area (Å²) in [5.41, 5.74) is 6.73. The van der Waals surface area contributed by atoms with Gasteiger partial charge in [0.2, 0.25) is 0 Å². The zero-order valence-corrected chi connectivity index (χ0v) is 11.7.